The molecule has 0 bridgehead atoms. The quantitative estimate of drug-likeness (QED) is 0.539. The van der Waals surface area contributed by atoms with Crippen LogP contribution in [0.5, 0.6) is 5.75 Å². The first kappa shape index (κ1) is 16.4. The van der Waals surface area contributed by atoms with Gasteiger partial charge in [-0.3, -0.25) is 9.78 Å². The first-order valence-electron chi connectivity index (χ1n) is 6.53. The van der Waals surface area contributed by atoms with E-state index in [0.29, 0.717) is 18.9 Å². The molecule has 20 heavy (non-hydrogen) atoms. The minimum atomic E-state index is -0.287. The van der Waals surface area contributed by atoms with Gasteiger partial charge in [0.1, 0.15) is 5.75 Å². The summed E-state index contributed by atoms with van der Waals surface area (Å²) in [5.74, 6) is 0.397. The van der Waals surface area contributed by atoms with Crippen molar-refractivity contribution >= 4 is 5.97 Å². The number of hydrogen-bond acceptors (Lipinski definition) is 6. The van der Waals surface area contributed by atoms with Crippen molar-refractivity contribution in [1.82, 2.24) is 10.3 Å². The monoisotopic (exact) mass is 282 g/mol. The lowest BCUT2D eigenvalue weighted by atomic mass is 10.2. The van der Waals surface area contributed by atoms with Crippen molar-refractivity contribution in [1.29, 1.82) is 0 Å². The Kier molecular flexibility index (Phi) is 7.60. The Morgan fingerprint density at radius 1 is 1.30 bits per heavy atom. The fourth-order valence-electron chi connectivity index (χ4n) is 1.58. The van der Waals surface area contributed by atoms with E-state index in [4.69, 9.17) is 9.47 Å². The molecule has 0 amide bonds. The van der Waals surface area contributed by atoms with Crippen LogP contribution in [0.4, 0.5) is 0 Å². The molecule has 0 unspecified atom stereocenters. The molecule has 0 saturated heterocycles. The van der Waals surface area contributed by atoms with Gasteiger partial charge in [0, 0.05) is 25.9 Å². The van der Waals surface area contributed by atoms with Crippen LogP contribution in [-0.2, 0) is 20.8 Å². The fraction of sp³-hybridized carbons (Fsp3) is 0.571. The summed E-state index contributed by atoms with van der Waals surface area (Å²) in [6, 6.07) is 3.75. The number of aromatic nitrogens is 1. The van der Waals surface area contributed by atoms with Crippen LogP contribution in [0.25, 0.3) is 0 Å². The van der Waals surface area contributed by atoms with Crippen molar-refractivity contribution in [2.75, 3.05) is 34.0 Å². The van der Waals surface area contributed by atoms with Crippen LogP contribution in [0.15, 0.2) is 12.1 Å². The molecule has 0 saturated carbocycles. The second kappa shape index (κ2) is 9.28. The SMILES string of the molecule is COCCNCc1nc(C)ccc1OCCC(=O)OC. The maximum Gasteiger partial charge on any atom is 0.308 e. The van der Waals surface area contributed by atoms with Crippen LogP contribution in [-0.4, -0.2) is 44.9 Å². The minimum absolute atomic E-state index is 0.223. The van der Waals surface area contributed by atoms with Crippen molar-refractivity contribution in [3.05, 3.63) is 23.5 Å². The summed E-state index contributed by atoms with van der Waals surface area (Å²) in [6.07, 6.45) is 0.223. The van der Waals surface area contributed by atoms with Crippen LogP contribution in [0, 0.1) is 6.92 Å². The molecule has 0 spiro atoms. The van der Waals surface area contributed by atoms with Gasteiger partial charge in [0.25, 0.3) is 0 Å². The first-order valence-corrected chi connectivity index (χ1v) is 6.53. The van der Waals surface area contributed by atoms with Gasteiger partial charge in [0.2, 0.25) is 0 Å². The smallest absolute Gasteiger partial charge is 0.308 e. The van der Waals surface area contributed by atoms with Crippen molar-refractivity contribution in [3.63, 3.8) is 0 Å². The highest BCUT2D eigenvalue weighted by atomic mass is 16.5. The maximum atomic E-state index is 11.0. The number of hydrogen-bond donors (Lipinski definition) is 1. The van der Waals surface area contributed by atoms with Gasteiger partial charge in [0.15, 0.2) is 0 Å². The van der Waals surface area contributed by atoms with Crippen LogP contribution in [0.3, 0.4) is 0 Å². The number of nitrogens with zero attached hydrogens (tertiary/aromatic N) is 1. The first-order chi connectivity index (χ1) is 9.67. The molecule has 0 aliphatic heterocycles. The van der Waals surface area contributed by atoms with E-state index in [2.05, 4.69) is 15.0 Å². The van der Waals surface area contributed by atoms with E-state index in [-0.39, 0.29) is 19.0 Å². The molecule has 0 aliphatic carbocycles. The Morgan fingerprint density at radius 2 is 2.10 bits per heavy atom. The lowest BCUT2D eigenvalue weighted by Gasteiger charge is -2.12. The average molecular weight is 282 g/mol. The molecule has 0 aliphatic rings. The Labute approximate surface area is 119 Å². The lowest BCUT2D eigenvalue weighted by Crippen LogP contribution is -2.20. The van der Waals surface area contributed by atoms with Gasteiger partial charge in [-0.1, -0.05) is 0 Å². The van der Waals surface area contributed by atoms with E-state index in [1.165, 1.54) is 7.11 Å². The predicted octanol–water partition coefficient (Wildman–Crippen LogP) is 1.07. The Bertz CT molecular complexity index is 424. The second-order valence-corrected chi connectivity index (χ2v) is 4.24. The van der Waals surface area contributed by atoms with Gasteiger partial charge in [0.05, 0.1) is 32.4 Å². The minimum Gasteiger partial charge on any atom is -0.491 e. The number of ether oxygens (including phenoxy) is 3. The fourth-order valence-corrected chi connectivity index (χ4v) is 1.58. The summed E-state index contributed by atoms with van der Waals surface area (Å²) >= 11 is 0. The lowest BCUT2D eigenvalue weighted by molar-refractivity contribution is -0.141. The third-order valence-electron chi connectivity index (χ3n) is 2.64. The number of carbonyl (C=O) groups is 1. The summed E-state index contributed by atoms with van der Waals surface area (Å²) in [5.41, 5.74) is 1.75. The zero-order chi connectivity index (χ0) is 14.8. The Morgan fingerprint density at radius 3 is 2.80 bits per heavy atom. The highest BCUT2D eigenvalue weighted by molar-refractivity contribution is 5.69. The molecule has 6 nitrogen and oxygen atoms in total. The standard InChI is InChI=1S/C14H22N2O4/c1-11-4-5-13(20-8-6-14(17)19-3)12(16-11)10-15-7-9-18-2/h4-5,15H,6-10H2,1-3H3. The molecule has 6 heteroatoms. The van der Waals surface area contributed by atoms with Gasteiger partial charge in [-0.15, -0.1) is 0 Å². The van der Waals surface area contributed by atoms with E-state index in [0.717, 1.165) is 17.9 Å². The molecule has 1 aromatic heterocycles. The summed E-state index contributed by atoms with van der Waals surface area (Å²) in [5, 5.41) is 3.22. The van der Waals surface area contributed by atoms with Gasteiger partial charge in [-0.2, -0.15) is 0 Å². The molecule has 0 fully saturated rings. The van der Waals surface area contributed by atoms with Crippen molar-refractivity contribution in [2.45, 2.75) is 19.9 Å². The molecule has 1 heterocycles. The molecular weight excluding hydrogens is 260 g/mol. The van der Waals surface area contributed by atoms with E-state index >= 15 is 0 Å². The molecular formula is C14H22N2O4. The number of rotatable bonds is 9. The zero-order valence-corrected chi connectivity index (χ0v) is 12.3. The topological polar surface area (TPSA) is 69.7 Å². The average Bonchev–Trinajstić information content (AvgIpc) is 2.45. The van der Waals surface area contributed by atoms with E-state index < -0.39 is 0 Å². The number of esters is 1. The molecule has 1 N–H and O–H groups in total. The van der Waals surface area contributed by atoms with Gasteiger partial charge < -0.3 is 19.5 Å². The number of nitrogens with one attached hydrogen (secondary N) is 1. The summed E-state index contributed by atoms with van der Waals surface area (Å²) in [4.78, 5) is 15.5. The van der Waals surface area contributed by atoms with Crippen LogP contribution in [0.1, 0.15) is 17.8 Å². The predicted molar refractivity (Wildman–Crippen MR) is 74.7 cm³/mol. The van der Waals surface area contributed by atoms with Crippen LogP contribution < -0.4 is 10.1 Å². The van der Waals surface area contributed by atoms with Crippen LogP contribution >= 0.6 is 0 Å². The highest BCUT2D eigenvalue weighted by Gasteiger charge is 2.07. The third-order valence-corrected chi connectivity index (χ3v) is 2.64. The molecule has 1 rings (SSSR count). The largest absolute Gasteiger partial charge is 0.491 e. The van der Waals surface area contributed by atoms with Gasteiger partial charge >= 0.3 is 5.97 Å². The van der Waals surface area contributed by atoms with Gasteiger partial charge in [-0.05, 0) is 19.1 Å². The summed E-state index contributed by atoms with van der Waals surface area (Å²) in [7, 11) is 3.02. The van der Waals surface area contributed by atoms with Crippen molar-refractivity contribution < 1.29 is 19.0 Å². The summed E-state index contributed by atoms with van der Waals surface area (Å²) < 4.78 is 15.1. The van der Waals surface area contributed by atoms with Crippen molar-refractivity contribution in [3.8, 4) is 5.75 Å². The third kappa shape index (κ3) is 5.99. The van der Waals surface area contributed by atoms with E-state index in [1.807, 2.05) is 19.1 Å². The number of methoxy groups -OCH3 is 2. The molecule has 0 aromatic carbocycles. The summed E-state index contributed by atoms with van der Waals surface area (Å²) in [6.45, 7) is 4.19. The van der Waals surface area contributed by atoms with Crippen LogP contribution in [0.2, 0.25) is 0 Å². The molecule has 0 radical (unpaired) electrons. The normalized spacial score (nSPS) is 10.3. The number of aryl methyl sites for hydroxylation is 1. The van der Waals surface area contributed by atoms with E-state index in [1.54, 1.807) is 7.11 Å². The molecule has 0 atom stereocenters. The Balaban J connectivity index is 2.53. The van der Waals surface area contributed by atoms with E-state index in [9.17, 15) is 4.79 Å². The maximum absolute atomic E-state index is 11.0. The molecule has 1 aromatic rings. The Hall–Kier alpha value is -1.66. The van der Waals surface area contributed by atoms with Crippen molar-refractivity contribution in [2.24, 2.45) is 0 Å². The number of pyridine rings is 1. The van der Waals surface area contributed by atoms with Gasteiger partial charge in [-0.25, -0.2) is 0 Å². The second-order valence-electron chi connectivity index (χ2n) is 4.24. The highest BCUT2D eigenvalue weighted by Crippen LogP contribution is 2.17. The zero-order valence-electron chi connectivity index (χ0n) is 12.3. The number of carbonyl (C=O) groups excluding carboxylic acids is 1. The molecule has 112 valence electrons.